The van der Waals surface area contributed by atoms with Crippen LogP contribution in [0.15, 0.2) is 30.9 Å². The predicted octanol–water partition coefficient (Wildman–Crippen LogP) is 3.85. The van der Waals surface area contributed by atoms with Gasteiger partial charge in [0, 0.05) is 6.04 Å². The molecule has 0 saturated carbocycles. The zero-order valence-electron chi connectivity index (χ0n) is 10.0. The van der Waals surface area contributed by atoms with Crippen LogP contribution in [0.1, 0.15) is 31.7 Å². The summed E-state index contributed by atoms with van der Waals surface area (Å²) in [5, 5.41) is 11.7. The van der Waals surface area contributed by atoms with Crippen LogP contribution in [0.4, 0.5) is 10.1 Å². The van der Waals surface area contributed by atoms with E-state index >= 15 is 0 Å². The Morgan fingerprint density at radius 1 is 1.59 bits per heavy atom. The molecule has 0 heterocycles. The van der Waals surface area contributed by atoms with Gasteiger partial charge in [0.1, 0.15) is 5.82 Å². The molecule has 1 N–H and O–H groups in total. The maximum absolute atomic E-state index is 13.6. The van der Waals surface area contributed by atoms with Crippen molar-refractivity contribution in [2.75, 3.05) is 5.32 Å². The highest BCUT2D eigenvalue weighted by Crippen LogP contribution is 2.17. The van der Waals surface area contributed by atoms with Crippen molar-refractivity contribution in [3.63, 3.8) is 0 Å². The van der Waals surface area contributed by atoms with Crippen molar-refractivity contribution < 1.29 is 4.39 Å². The number of hydrogen-bond acceptors (Lipinski definition) is 2. The van der Waals surface area contributed by atoms with Crippen LogP contribution in [0.3, 0.4) is 0 Å². The topological polar surface area (TPSA) is 35.8 Å². The second kappa shape index (κ2) is 6.70. The van der Waals surface area contributed by atoms with Gasteiger partial charge in [0.2, 0.25) is 0 Å². The van der Waals surface area contributed by atoms with Gasteiger partial charge < -0.3 is 5.32 Å². The number of nitrogens with one attached hydrogen (secondary N) is 1. The summed E-state index contributed by atoms with van der Waals surface area (Å²) in [6, 6.07) is 6.59. The Bertz CT molecular complexity index is 421. The van der Waals surface area contributed by atoms with E-state index in [1.807, 2.05) is 19.1 Å². The van der Waals surface area contributed by atoms with E-state index in [-0.39, 0.29) is 11.9 Å². The van der Waals surface area contributed by atoms with Crippen LogP contribution in [0.5, 0.6) is 0 Å². The fourth-order valence-electron chi connectivity index (χ4n) is 1.61. The van der Waals surface area contributed by atoms with E-state index in [0.717, 1.165) is 19.3 Å². The number of unbranched alkanes of at least 4 members (excludes halogenated alkanes) is 1. The molecule has 0 bridgehead atoms. The summed E-state index contributed by atoms with van der Waals surface area (Å²) < 4.78 is 13.6. The minimum absolute atomic E-state index is 0.206. The number of halogens is 1. The molecule has 0 amide bonds. The molecule has 0 aliphatic heterocycles. The van der Waals surface area contributed by atoms with Gasteiger partial charge >= 0.3 is 0 Å². The van der Waals surface area contributed by atoms with Gasteiger partial charge in [-0.05, 0) is 44.4 Å². The highest BCUT2D eigenvalue weighted by atomic mass is 19.1. The van der Waals surface area contributed by atoms with Crippen molar-refractivity contribution in [2.24, 2.45) is 0 Å². The van der Waals surface area contributed by atoms with E-state index < -0.39 is 0 Å². The summed E-state index contributed by atoms with van der Waals surface area (Å²) in [5.41, 5.74) is 0.794. The summed E-state index contributed by atoms with van der Waals surface area (Å²) in [6.07, 6.45) is 4.86. The van der Waals surface area contributed by atoms with Crippen LogP contribution >= 0.6 is 0 Å². The molecule has 17 heavy (non-hydrogen) atoms. The second-order valence-corrected chi connectivity index (χ2v) is 4.07. The Labute approximate surface area is 102 Å². The number of nitriles is 1. The van der Waals surface area contributed by atoms with E-state index in [4.69, 9.17) is 5.26 Å². The van der Waals surface area contributed by atoms with E-state index in [2.05, 4.69) is 11.9 Å². The average Bonchev–Trinajstić information content (AvgIpc) is 2.32. The highest BCUT2D eigenvalue weighted by Gasteiger charge is 2.06. The normalized spacial score (nSPS) is 11.6. The largest absolute Gasteiger partial charge is 0.380 e. The molecule has 0 fully saturated rings. The standard InChI is InChI=1S/C14H17FN2/c1-3-4-5-6-11(2)17-14-8-7-12(10-16)9-13(14)15/h3,7-9,11,17H,1,4-6H2,2H3. The summed E-state index contributed by atoms with van der Waals surface area (Å²) in [5.74, 6) is -0.375. The first-order chi connectivity index (χ1) is 8.17. The maximum atomic E-state index is 13.6. The van der Waals surface area contributed by atoms with Gasteiger partial charge in [0.15, 0.2) is 0 Å². The molecule has 0 spiro atoms. The van der Waals surface area contributed by atoms with Crippen molar-refractivity contribution >= 4 is 5.69 Å². The summed E-state index contributed by atoms with van der Waals surface area (Å²) >= 11 is 0. The molecule has 0 aromatic heterocycles. The Morgan fingerprint density at radius 2 is 2.35 bits per heavy atom. The van der Waals surface area contributed by atoms with Crippen LogP contribution in [0, 0.1) is 17.1 Å². The number of rotatable bonds is 6. The van der Waals surface area contributed by atoms with Crippen molar-refractivity contribution in [2.45, 2.75) is 32.2 Å². The zero-order chi connectivity index (χ0) is 12.7. The lowest BCUT2D eigenvalue weighted by Gasteiger charge is -2.15. The third kappa shape index (κ3) is 4.28. The molecule has 0 radical (unpaired) electrons. The third-order valence-electron chi connectivity index (χ3n) is 2.55. The van der Waals surface area contributed by atoms with Gasteiger partial charge in [-0.15, -0.1) is 6.58 Å². The second-order valence-electron chi connectivity index (χ2n) is 4.07. The molecule has 0 saturated heterocycles. The number of nitrogens with zero attached hydrogens (tertiary/aromatic N) is 1. The number of allylic oxidation sites excluding steroid dienone is 1. The highest BCUT2D eigenvalue weighted by molar-refractivity contribution is 5.49. The fraction of sp³-hybridized carbons (Fsp3) is 0.357. The van der Waals surface area contributed by atoms with Gasteiger partial charge in [-0.1, -0.05) is 6.08 Å². The van der Waals surface area contributed by atoms with Crippen molar-refractivity contribution in [3.8, 4) is 6.07 Å². The molecule has 1 aromatic carbocycles. The van der Waals surface area contributed by atoms with Crippen LogP contribution in [0.25, 0.3) is 0 Å². The van der Waals surface area contributed by atoms with E-state index in [0.29, 0.717) is 11.3 Å². The first kappa shape index (κ1) is 13.2. The fourth-order valence-corrected chi connectivity index (χ4v) is 1.61. The van der Waals surface area contributed by atoms with Crippen LogP contribution < -0.4 is 5.32 Å². The molecule has 1 rings (SSSR count). The van der Waals surface area contributed by atoms with Gasteiger partial charge in [0.25, 0.3) is 0 Å². The zero-order valence-corrected chi connectivity index (χ0v) is 10.0. The molecule has 1 aromatic rings. The number of benzene rings is 1. The predicted molar refractivity (Wildman–Crippen MR) is 68.2 cm³/mol. The van der Waals surface area contributed by atoms with Crippen LogP contribution in [-0.2, 0) is 0 Å². The Kier molecular flexibility index (Phi) is 5.22. The molecule has 0 aliphatic rings. The van der Waals surface area contributed by atoms with Crippen molar-refractivity contribution in [1.29, 1.82) is 5.26 Å². The first-order valence-corrected chi connectivity index (χ1v) is 5.74. The van der Waals surface area contributed by atoms with Gasteiger partial charge in [-0.2, -0.15) is 5.26 Å². The molecule has 3 heteroatoms. The molecule has 2 nitrogen and oxygen atoms in total. The number of hydrogen-bond donors (Lipinski definition) is 1. The number of anilines is 1. The lowest BCUT2D eigenvalue weighted by Crippen LogP contribution is -2.15. The average molecular weight is 232 g/mol. The lowest BCUT2D eigenvalue weighted by molar-refractivity contribution is 0.616. The van der Waals surface area contributed by atoms with E-state index in [1.54, 1.807) is 12.1 Å². The SMILES string of the molecule is C=CCCCC(C)Nc1ccc(C#N)cc1F. The minimum atomic E-state index is -0.375. The molecule has 1 atom stereocenters. The van der Waals surface area contributed by atoms with Crippen LogP contribution in [0.2, 0.25) is 0 Å². The van der Waals surface area contributed by atoms with Crippen molar-refractivity contribution in [3.05, 3.63) is 42.2 Å². The molecule has 1 unspecified atom stereocenters. The Balaban J connectivity index is 2.56. The van der Waals surface area contributed by atoms with E-state index in [1.165, 1.54) is 6.07 Å². The Hall–Kier alpha value is -1.82. The Morgan fingerprint density at radius 3 is 2.94 bits per heavy atom. The van der Waals surface area contributed by atoms with Crippen molar-refractivity contribution in [1.82, 2.24) is 0 Å². The molecular weight excluding hydrogens is 215 g/mol. The lowest BCUT2D eigenvalue weighted by atomic mass is 10.1. The molecular formula is C14H17FN2. The third-order valence-corrected chi connectivity index (χ3v) is 2.55. The maximum Gasteiger partial charge on any atom is 0.147 e. The van der Waals surface area contributed by atoms with Gasteiger partial charge in [-0.25, -0.2) is 4.39 Å². The van der Waals surface area contributed by atoms with Crippen LogP contribution in [-0.4, -0.2) is 6.04 Å². The molecule has 90 valence electrons. The first-order valence-electron chi connectivity index (χ1n) is 5.74. The summed E-state index contributed by atoms with van der Waals surface area (Å²) in [7, 11) is 0. The van der Waals surface area contributed by atoms with Gasteiger partial charge in [0.05, 0.1) is 17.3 Å². The quantitative estimate of drug-likeness (QED) is 0.597. The monoisotopic (exact) mass is 232 g/mol. The van der Waals surface area contributed by atoms with E-state index in [9.17, 15) is 4.39 Å². The smallest absolute Gasteiger partial charge is 0.147 e. The minimum Gasteiger partial charge on any atom is -0.380 e. The summed E-state index contributed by atoms with van der Waals surface area (Å²) in [4.78, 5) is 0. The van der Waals surface area contributed by atoms with Gasteiger partial charge in [-0.3, -0.25) is 0 Å². The molecule has 0 aliphatic carbocycles. The summed E-state index contributed by atoms with van der Waals surface area (Å²) in [6.45, 7) is 5.68.